The van der Waals surface area contributed by atoms with Crippen molar-refractivity contribution in [3.8, 4) is 0 Å². The van der Waals surface area contributed by atoms with Gasteiger partial charge in [-0.15, -0.1) is 0 Å². The quantitative estimate of drug-likeness (QED) is 0.886. The lowest BCUT2D eigenvalue weighted by Gasteiger charge is -2.23. The summed E-state index contributed by atoms with van der Waals surface area (Å²) in [7, 11) is 0. The molecule has 2 heterocycles. The van der Waals surface area contributed by atoms with Gasteiger partial charge in [-0.1, -0.05) is 0 Å². The summed E-state index contributed by atoms with van der Waals surface area (Å²) >= 11 is 0. The first-order chi connectivity index (χ1) is 8.90. The Morgan fingerprint density at radius 2 is 2.21 bits per heavy atom. The highest BCUT2D eigenvalue weighted by molar-refractivity contribution is 5.91. The second-order valence-electron chi connectivity index (χ2n) is 4.76. The lowest BCUT2D eigenvalue weighted by molar-refractivity contribution is 0.0506. The monoisotopic (exact) mass is 263 g/mol. The highest BCUT2D eigenvalue weighted by atomic mass is 16.3. The Bertz CT molecular complexity index is 566. The maximum atomic E-state index is 11.7. The van der Waals surface area contributed by atoms with E-state index in [0.717, 1.165) is 5.76 Å². The van der Waals surface area contributed by atoms with E-state index in [1.165, 1.54) is 6.26 Å². The first-order valence-corrected chi connectivity index (χ1v) is 6.02. The van der Waals surface area contributed by atoms with Crippen LogP contribution in [0.4, 0.5) is 0 Å². The van der Waals surface area contributed by atoms with Crippen molar-refractivity contribution in [2.75, 3.05) is 6.54 Å². The van der Waals surface area contributed by atoms with Gasteiger partial charge in [-0.3, -0.25) is 4.79 Å². The number of amides is 1. The standard InChI is InChI=1S/C14H17NO4/c1-9-7-11(10(2)19-9)14(3,17)8-15-13(16)12-5-4-6-18-12/h4-7,17H,8H2,1-3H3,(H,15,16). The fourth-order valence-corrected chi connectivity index (χ4v) is 2.01. The van der Waals surface area contributed by atoms with Gasteiger partial charge in [0, 0.05) is 5.56 Å². The molecule has 0 bridgehead atoms. The molecule has 0 aliphatic carbocycles. The molecule has 0 aliphatic rings. The molecule has 2 rings (SSSR count). The zero-order valence-electron chi connectivity index (χ0n) is 11.2. The Balaban J connectivity index is 2.06. The van der Waals surface area contributed by atoms with Crippen LogP contribution in [-0.4, -0.2) is 17.6 Å². The van der Waals surface area contributed by atoms with E-state index in [1.54, 1.807) is 32.0 Å². The molecular formula is C14H17NO4. The maximum absolute atomic E-state index is 11.7. The molecule has 19 heavy (non-hydrogen) atoms. The number of aryl methyl sites for hydroxylation is 2. The number of hydrogen-bond acceptors (Lipinski definition) is 4. The Kier molecular flexibility index (Phi) is 3.48. The van der Waals surface area contributed by atoms with Gasteiger partial charge in [0.05, 0.1) is 12.8 Å². The van der Waals surface area contributed by atoms with Crippen molar-refractivity contribution in [1.29, 1.82) is 0 Å². The smallest absolute Gasteiger partial charge is 0.287 e. The van der Waals surface area contributed by atoms with Gasteiger partial charge in [0.25, 0.3) is 5.91 Å². The van der Waals surface area contributed by atoms with Crippen LogP contribution >= 0.6 is 0 Å². The second kappa shape index (κ2) is 4.93. The molecular weight excluding hydrogens is 246 g/mol. The third-order valence-corrected chi connectivity index (χ3v) is 2.96. The van der Waals surface area contributed by atoms with E-state index >= 15 is 0 Å². The lowest BCUT2D eigenvalue weighted by Crippen LogP contribution is -2.38. The van der Waals surface area contributed by atoms with Crippen molar-refractivity contribution in [2.24, 2.45) is 0 Å². The van der Waals surface area contributed by atoms with Crippen LogP contribution in [0.2, 0.25) is 0 Å². The van der Waals surface area contributed by atoms with Crippen LogP contribution in [-0.2, 0) is 5.60 Å². The number of rotatable bonds is 4. The molecule has 1 amide bonds. The second-order valence-corrected chi connectivity index (χ2v) is 4.76. The largest absolute Gasteiger partial charge is 0.466 e. The Hall–Kier alpha value is -2.01. The minimum atomic E-state index is -1.19. The first-order valence-electron chi connectivity index (χ1n) is 6.02. The molecule has 0 fully saturated rings. The predicted molar refractivity (Wildman–Crippen MR) is 68.8 cm³/mol. The third kappa shape index (κ3) is 2.88. The molecule has 2 aromatic rings. The Morgan fingerprint density at radius 3 is 2.74 bits per heavy atom. The topological polar surface area (TPSA) is 75.6 Å². The molecule has 2 N–H and O–H groups in total. The summed E-state index contributed by atoms with van der Waals surface area (Å²) in [6.07, 6.45) is 1.43. The number of carbonyl (C=O) groups is 1. The summed E-state index contributed by atoms with van der Waals surface area (Å²) in [5.41, 5.74) is -0.519. The van der Waals surface area contributed by atoms with Crippen molar-refractivity contribution in [3.05, 3.63) is 47.3 Å². The summed E-state index contributed by atoms with van der Waals surface area (Å²) in [6.45, 7) is 5.30. The average molecular weight is 263 g/mol. The first kappa shape index (κ1) is 13.4. The van der Waals surface area contributed by atoms with E-state index in [-0.39, 0.29) is 18.2 Å². The summed E-state index contributed by atoms with van der Waals surface area (Å²) in [5.74, 6) is 1.24. The maximum Gasteiger partial charge on any atom is 0.287 e. The molecule has 0 radical (unpaired) electrons. The summed E-state index contributed by atoms with van der Waals surface area (Å²) in [6, 6.07) is 4.97. The van der Waals surface area contributed by atoms with Gasteiger partial charge in [-0.05, 0) is 39.0 Å². The van der Waals surface area contributed by atoms with Gasteiger partial charge in [0.2, 0.25) is 0 Å². The number of hydrogen-bond donors (Lipinski definition) is 2. The van der Waals surface area contributed by atoms with E-state index in [2.05, 4.69) is 5.32 Å². The fourth-order valence-electron chi connectivity index (χ4n) is 2.01. The summed E-state index contributed by atoms with van der Waals surface area (Å²) < 4.78 is 10.4. The van der Waals surface area contributed by atoms with Crippen LogP contribution in [0.1, 0.15) is 34.6 Å². The van der Waals surface area contributed by atoms with E-state index in [0.29, 0.717) is 11.3 Å². The van der Waals surface area contributed by atoms with E-state index in [4.69, 9.17) is 8.83 Å². The van der Waals surface area contributed by atoms with Crippen LogP contribution in [0.25, 0.3) is 0 Å². The highest BCUT2D eigenvalue weighted by Crippen LogP contribution is 2.26. The van der Waals surface area contributed by atoms with Crippen molar-refractivity contribution in [3.63, 3.8) is 0 Å². The van der Waals surface area contributed by atoms with Crippen LogP contribution in [0, 0.1) is 13.8 Å². The number of nitrogens with one attached hydrogen (secondary N) is 1. The molecule has 5 heteroatoms. The zero-order chi connectivity index (χ0) is 14.0. The van der Waals surface area contributed by atoms with Crippen LogP contribution in [0.3, 0.4) is 0 Å². The minimum absolute atomic E-state index is 0.0757. The van der Waals surface area contributed by atoms with E-state index in [1.807, 2.05) is 6.92 Å². The molecule has 2 aromatic heterocycles. The minimum Gasteiger partial charge on any atom is -0.466 e. The molecule has 0 aliphatic heterocycles. The van der Waals surface area contributed by atoms with Crippen molar-refractivity contribution in [1.82, 2.24) is 5.32 Å². The van der Waals surface area contributed by atoms with Crippen LogP contribution < -0.4 is 5.32 Å². The molecule has 0 saturated carbocycles. The number of aliphatic hydroxyl groups is 1. The van der Waals surface area contributed by atoms with E-state index < -0.39 is 5.60 Å². The molecule has 0 spiro atoms. The van der Waals surface area contributed by atoms with E-state index in [9.17, 15) is 9.90 Å². The normalized spacial score (nSPS) is 14.1. The fraction of sp³-hybridized carbons (Fsp3) is 0.357. The van der Waals surface area contributed by atoms with Crippen molar-refractivity contribution < 1.29 is 18.7 Å². The molecule has 1 atom stereocenters. The molecule has 5 nitrogen and oxygen atoms in total. The van der Waals surface area contributed by atoms with Crippen molar-refractivity contribution in [2.45, 2.75) is 26.4 Å². The SMILES string of the molecule is Cc1cc(C(C)(O)CNC(=O)c2ccco2)c(C)o1. The third-order valence-electron chi connectivity index (χ3n) is 2.96. The van der Waals surface area contributed by atoms with Gasteiger partial charge in [-0.25, -0.2) is 0 Å². The highest BCUT2D eigenvalue weighted by Gasteiger charge is 2.28. The van der Waals surface area contributed by atoms with Crippen LogP contribution in [0.15, 0.2) is 33.3 Å². The molecule has 0 aromatic carbocycles. The van der Waals surface area contributed by atoms with Gasteiger partial charge in [0.1, 0.15) is 17.1 Å². The predicted octanol–water partition coefficient (Wildman–Crippen LogP) is 2.13. The zero-order valence-corrected chi connectivity index (χ0v) is 11.2. The lowest BCUT2D eigenvalue weighted by atomic mass is 9.96. The molecule has 0 saturated heterocycles. The number of carbonyl (C=O) groups excluding carboxylic acids is 1. The molecule has 102 valence electrons. The van der Waals surface area contributed by atoms with Crippen LogP contribution in [0.5, 0.6) is 0 Å². The summed E-state index contributed by atoms with van der Waals surface area (Å²) in [5, 5.41) is 13.1. The van der Waals surface area contributed by atoms with Gasteiger partial charge >= 0.3 is 0 Å². The average Bonchev–Trinajstić information content (AvgIpc) is 2.96. The Morgan fingerprint density at radius 1 is 1.47 bits per heavy atom. The Labute approximate surface area is 111 Å². The van der Waals surface area contributed by atoms with Gasteiger partial charge in [0.15, 0.2) is 5.76 Å². The van der Waals surface area contributed by atoms with Crippen molar-refractivity contribution >= 4 is 5.91 Å². The molecule has 1 unspecified atom stereocenters. The summed E-state index contributed by atoms with van der Waals surface area (Å²) in [4.78, 5) is 11.7. The van der Waals surface area contributed by atoms with Gasteiger partial charge < -0.3 is 19.3 Å². The number of furan rings is 2. The van der Waals surface area contributed by atoms with Gasteiger partial charge in [-0.2, -0.15) is 0 Å².